The lowest BCUT2D eigenvalue weighted by Crippen LogP contribution is -2.25. The van der Waals surface area contributed by atoms with Gasteiger partial charge >= 0.3 is 0 Å². The number of carbonyl (C=O) groups excluding carboxylic acids is 1. The largest absolute Gasteiger partial charge is 0.317 e. The number of aromatic nitrogens is 1. The molecule has 6 rings (SSSR count). The van der Waals surface area contributed by atoms with Crippen molar-refractivity contribution >= 4 is 54.6 Å². The molecule has 1 aliphatic rings. The zero-order chi connectivity index (χ0) is 22.4. The van der Waals surface area contributed by atoms with Gasteiger partial charge in [0.1, 0.15) is 10.0 Å². The second-order valence-electron chi connectivity index (χ2n) is 8.55. The van der Waals surface area contributed by atoms with E-state index in [2.05, 4.69) is 53.7 Å². The minimum Gasteiger partial charge on any atom is -0.317 e. The highest BCUT2D eigenvalue weighted by molar-refractivity contribution is 7.22. The summed E-state index contributed by atoms with van der Waals surface area (Å²) in [5, 5.41) is 7.49. The summed E-state index contributed by atoms with van der Waals surface area (Å²) in [6, 6.07) is 22.6. The number of rotatable bonds is 4. The molecule has 0 unspecified atom stereocenters. The fourth-order valence-corrected chi connectivity index (χ4v) is 7.07. The number of para-hydroxylation sites is 1. The molecule has 33 heavy (non-hydrogen) atoms. The van der Waals surface area contributed by atoms with Gasteiger partial charge < -0.3 is 10.2 Å². The lowest BCUT2D eigenvalue weighted by molar-refractivity contribution is -0.115. The van der Waals surface area contributed by atoms with E-state index >= 15 is 0 Å². The number of carbonyl (C=O) groups is 1. The molecule has 3 heterocycles. The van der Waals surface area contributed by atoms with Crippen LogP contribution in [0.1, 0.15) is 16.0 Å². The van der Waals surface area contributed by atoms with E-state index in [1.54, 1.807) is 22.7 Å². The first-order valence-corrected chi connectivity index (χ1v) is 12.7. The summed E-state index contributed by atoms with van der Waals surface area (Å²) in [5.74, 6) is 0.0145. The number of nitrogens with zero attached hydrogens (tertiary/aromatic N) is 2. The van der Waals surface area contributed by atoms with E-state index in [9.17, 15) is 4.79 Å². The summed E-state index contributed by atoms with van der Waals surface area (Å²) in [6.07, 6.45) is 1.33. The molecule has 1 amide bonds. The monoisotopic (exact) mass is 469 g/mol. The molecule has 0 saturated heterocycles. The highest BCUT2D eigenvalue weighted by Crippen LogP contribution is 2.45. The molecule has 5 aromatic rings. The van der Waals surface area contributed by atoms with E-state index in [0.29, 0.717) is 6.42 Å². The normalized spacial score (nSPS) is 14.0. The van der Waals surface area contributed by atoms with Crippen LogP contribution in [0.25, 0.3) is 31.6 Å². The van der Waals surface area contributed by atoms with Crippen molar-refractivity contribution < 1.29 is 4.79 Å². The van der Waals surface area contributed by atoms with Crippen molar-refractivity contribution in [3.63, 3.8) is 0 Å². The predicted molar refractivity (Wildman–Crippen MR) is 139 cm³/mol. The van der Waals surface area contributed by atoms with Crippen LogP contribution in [0.3, 0.4) is 0 Å². The Morgan fingerprint density at radius 1 is 1.03 bits per heavy atom. The molecule has 4 nitrogen and oxygen atoms in total. The van der Waals surface area contributed by atoms with Crippen LogP contribution in [0.4, 0.5) is 5.00 Å². The molecule has 0 bridgehead atoms. The van der Waals surface area contributed by atoms with Crippen LogP contribution in [0, 0.1) is 0 Å². The molecule has 0 radical (unpaired) electrons. The second kappa shape index (κ2) is 8.37. The van der Waals surface area contributed by atoms with Gasteiger partial charge in [-0.15, -0.1) is 22.7 Å². The average Bonchev–Trinajstić information content (AvgIpc) is 3.39. The molecule has 2 aromatic heterocycles. The quantitative estimate of drug-likeness (QED) is 0.334. The number of nitrogens with one attached hydrogen (secondary N) is 1. The van der Waals surface area contributed by atoms with Crippen molar-refractivity contribution in [3.05, 3.63) is 82.7 Å². The summed E-state index contributed by atoms with van der Waals surface area (Å²) in [5.41, 5.74) is 4.53. The van der Waals surface area contributed by atoms with E-state index in [1.807, 2.05) is 30.3 Å². The van der Waals surface area contributed by atoms with Crippen LogP contribution in [0.15, 0.2) is 66.7 Å². The SMILES string of the molecule is CN1CCc2c(sc(NC(=O)Cc3cccc4ccccc34)c2-c2nc3ccccc3s2)C1. The maximum Gasteiger partial charge on any atom is 0.229 e. The molecule has 1 N–H and O–H groups in total. The van der Waals surface area contributed by atoms with Crippen LogP contribution >= 0.6 is 22.7 Å². The van der Waals surface area contributed by atoms with Crippen molar-refractivity contribution in [2.24, 2.45) is 0 Å². The Bertz CT molecular complexity index is 1460. The zero-order valence-electron chi connectivity index (χ0n) is 18.3. The fourth-order valence-electron chi connectivity index (χ4n) is 4.62. The first-order chi connectivity index (χ1) is 16.2. The summed E-state index contributed by atoms with van der Waals surface area (Å²) in [6.45, 7) is 1.93. The Hall–Kier alpha value is -3.06. The number of hydrogen-bond donors (Lipinski definition) is 1. The Labute approximate surface area is 200 Å². The zero-order valence-corrected chi connectivity index (χ0v) is 19.9. The third kappa shape index (κ3) is 3.84. The van der Waals surface area contributed by atoms with Gasteiger partial charge in [0.2, 0.25) is 5.91 Å². The first-order valence-electron chi connectivity index (χ1n) is 11.1. The van der Waals surface area contributed by atoms with Crippen molar-refractivity contribution in [1.82, 2.24) is 9.88 Å². The Morgan fingerprint density at radius 3 is 2.76 bits per heavy atom. The maximum atomic E-state index is 13.2. The number of amides is 1. The van der Waals surface area contributed by atoms with E-state index in [4.69, 9.17) is 4.98 Å². The number of thiazole rings is 1. The number of likely N-dealkylation sites (N-methyl/N-ethyl adjacent to an activating group) is 1. The van der Waals surface area contributed by atoms with Gasteiger partial charge in [-0.3, -0.25) is 4.79 Å². The third-order valence-electron chi connectivity index (χ3n) is 6.24. The number of anilines is 1. The van der Waals surface area contributed by atoms with E-state index in [0.717, 1.165) is 56.9 Å². The molecular weight excluding hydrogens is 446 g/mol. The van der Waals surface area contributed by atoms with Crippen LogP contribution in [-0.4, -0.2) is 29.4 Å². The summed E-state index contributed by atoms with van der Waals surface area (Å²) in [4.78, 5) is 21.8. The third-order valence-corrected chi connectivity index (χ3v) is 8.43. The number of thiophene rings is 1. The Kier molecular flexibility index (Phi) is 5.21. The predicted octanol–water partition coefficient (Wildman–Crippen LogP) is 6.35. The maximum absolute atomic E-state index is 13.2. The van der Waals surface area contributed by atoms with Gasteiger partial charge in [0.05, 0.1) is 16.6 Å². The molecule has 0 atom stereocenters. The van der Waals surface area contributed by atoms with Gasteiger partial charge in [-0.25, -0.2) is 4.98 Å². The minimum absolute atomic E-state index is 0.0145. The molecule has 1 aliphatic heterocycles. The first kappa shape index (κ1) is 20.5. The standard InChI is InChI=1S/C27H23N3OS2/c1-30-14-13-20-23(16-30)33-27(25(20)26-28-21-11-4-5-12-22(21)32-26)29-24(31)15-18-9-6-8-17-7-2-3-10-19(17)18/h2-12H,13-16H2,1H3,(H,29,31). The van der Waals surface area contributed by atoms with Crippen molar-refractivity contribution in [3.8, 4) is 10.6 Å². The lowest BCUT2D eigenvalue weighted by Gasteiger charge is -2.22. The minimum atomic E-state index is 0.0145. The van der Waals surface area contributed by atoms with Gasteiger partial charge in [0.15, 0.2) is 0 Å². The van der Waals surface area contributed by atoms with Crippen molar-refractivity contribution in [1.29, 1.82) is 0 Å². The van der Waals surface area contributed by atoms with E-state index < -0.39 is 0 Å². The number of hydrogen-bond acceptors (Lipinski definition) is 5. The number of fused-ring (bicyclic) bond motifs is 3. The molecular formula is C27H23N3OS2. The topological polar surface area (TPSA) is 45.2 Å². The molecule has 0 saturated carbocycles. The van der Waals surface area contributed by atoms with Crippen LogP contribution in [0.2, 0.25) is 0 Å². The smallest absolute Gasteiger partial charge is 0.229 e. The highest BCUT2D eigenvalue weighted by atomic mass is 32.1. The average molecular weight is 470 g/mol. The van der Waals surface area contributed by atoms with Crippen LogP contribution in [-0.2, 0) is 24.2 Å². The van der Waals surface area contributed by atoms with Crippen molar-refractivity contribution in [2.75, 3.05) is 18.9 Å². The Morgan fingerprint density at radius 2 is 1.85 bits per heavy atom. The molecule has 0 fully saturated rings. The summed E-state index contributed by atoms with van der Waals surface area (Å²) in [7, 11) is 2.15. The Balaban J connectivity index is 1.37. The van der Waals surface area contributed by atoms with E-state index in [-0.39, 0.29) is 5.91 Å². The van der Waals surface area contributed by atoms with Gasteiger partial charge in [0, 0.05) is 23.5 Å². The molecule has 164 valence electrons. The second-order valence-corrected chi connectivity index (χ2v) is 10.7. The van der Waals surface area contributed by atoms with Gasteiger partial charge in [0.25, 0.3) is 0 Å². The van der Waals surface area contributed by atoms with Crippen LogP contribution < -0.4 is 5.32 Å². The van der Waals surface area contributed by atoms with Gasteiger partial charge in [-0.2, -0.15) is 0 Å². The molecule has 0 spiro atoms. The molecule has 6 heteroatoms. The highest BCUT2D eigenvalue weighted by Gasteiger charge is 2.26. The summed E-state index contributed by atoms with van der Waals surface area (Å²) < 4.78 is 1.17. The number of benzene rings is 3. The molecule has 3 aromatic carbocycles. The fraction of sp³-hybridized carbons (Fsp3) is 0.185. The molecule has 0 aliphatic carbocycles. The summed E-state index contributed by atoms with van der Waals surface area (Å²) >= 11 is 3.41. The van der Waals surface area contributed by atoms with Crippen molar-refractivity contribution in [2.45, 2.75) is 19.4 Å². The lowest BCUT2D eigenvalue weighted by atomic mass is 10.0. The van der Waals surface area contributed by atoms with Gasteiger partial charge in [-0.1, -0.05) is 54.6 Å². The van der Waals surface area contributed by atoms with E-state index in [1.165, 1.54) is 15.1 Å². The van der Waals surface area contributed by atoms with Crippen LogP contribution in [0.5, 0.6) is 0 Å². The van der Waals surface area contributed by atoms with Gasteiger partial charge in [-0.05, 0) is 47.5 Å².